The van der Waals surface area contributed by atoms with Crippen LogP contribution in [0.15, 0.2) is 4.90 Å². The molecule has 0 radical (unpaired) electrons. The van der Waals surface area contributed by atoms with Crippen molar-refractivity contribution in [3.63, 3.8) is 0 Å². The van der Waals surface area contributed by atoms with Crippen molar-refractivity contribution in [3.8, 4) is 0 Å². The van der Waals surface area contributed by atoms with Gasteiger partial charge >= 0.3 is 0 Å². The zero-order valence-corrected chi connectivity index (χ0v) is 18.4. The second-order valence-electron chi connectivity index (χ2n) is 8.39. The molecule has 0 unspecified atom stereocenters. The fraction of sp³-hybridized carbons (Fsp3) is 0.842. The molecule has 0 amide bonds. The Hall–Kier alpha value is -1.04. The van der Waals surface area contributed by atoms with E-state index in [1.807, 2.05) is 0 Å². The highest BCUT2D eigenvalue weighted by atomic mass is 32.2. The Labute approximate surface area is 172 Å². The summed E-state index contributed by atoms with van der Waals surface area (Å²) in [5.41, 5.74) is 0.603. The lowest BCUT2D eigenvalue weighted by Gasteiger charge is -2.33. The lowest BCUT2D eigenvalue weighted by Crippen LogP contribution is -2.48. The number of sulfonamides is 1. The molecule has 4 heterocycles. The van der Waals surface area contributed by atoms with Gasteiger partial charge in [0.1, 0.15) is 10.5 Å². The molecule has 164 valence electrons. The molecule has 3 aliphatic rings. The van der Waals surface area contributed by atoms with Gasteiger partial charge in [-0.05, 0) is 26.7 Å². The maximum Gasteiger partial charge on any atom is 0.246 e. The molecule has 0 aliphatic carbocycles. The van der Waals surface area contributed by atoms with E-state index in [0.717, 1.165) is 45.7 Å². The zero-order chi connectivity index (χ0) is 20.6. The van der Waals surface area contributed by atoms with E-state index >= 15 is 0 Å². The molecule has 29 heavy (non-hydrogen) atoms. The summed E-state index contributed by atoms with van der Waals surface area (Å²) in [5, 5.41) is 4.29. The summed E-state index contributed by atoms with van der Waals surface area (Å²) < 4.78 is 47.8. The molecule has 3 fully saturated rings. The van der Waals surface area contributed by atoms with E-state index < -0.39 is 15.6 Å². The van der Waals surface area contributed by atoms with E-state index in [2.05, 4.69) is 10.00 Å². The molecule has 3 aliphatic heterocycles. The summed E-state index contributed by atoms with van der Waals surface area (Å²) in [5.74, 6) is 0. The highest BCUT2D eigenvalue weighted by Crippen LogP contribution is 2.35. The van der Waals surface area contributed by atoms with Gasteiger partial charge in [-0.1, -0.05) is 0 Å². The Morgan fingerprint density at radius 1 is 1.14 bits per heavy atom. The Balaban J connectivity index is 1.50. The van der Waals surface area contributed by atoms with Gasteiger partial charge < -0.3 is 14.2 Å². The quantitative estimate of drug-likeness (QED) is 0.682. The van der Waals surface area contributed by atoms with Crippen molar-refractivity contribution in [2.75, 3.05) is 59.2 Å². The monoisotopic (exact) mass is 428 g/mol. The Morgan fingerprint density at radius 2 is 1.86 bits per heavy atom. The number of hydrogen-bond acceptors (Lipinski definition) is 7. The summed E-state index contributed by atoms with van der Waals surface area (Å²) >= 11 is 0. The van der Waals surface area contributed by atoms with E-state index in [9.17, 15) is 8.42 Å². The lowest BCUT2D eigenvalue weighted by molar-refractivity contribution is -0.0927. The molecule has 2 atom stereocenters. The minimum absolute atomic E-state index is 0.0984. The van der Waals surface area contributed by atoms with Crippen LogP contribution in [0.2, 0.25) is 0 Å². The molecule has 0 N–H and O–H groups in total. The van der Waals surface area contributed by atoms with E-state index in [1.165, 1.54) is 4.31 Å². The molecule has 0 saturated carbocycles. The van der Waals surface area contributed by atoms with Gasteiger partial charge in [-0.15, -0.1) is 0 Å². The molecule has 10 heteroatoms. The van der Waals surface area contributed by atoms with Crippen LogP contribution in [0.4, 0.5) is 0 Å². The van der Waals surface area contributed by atoms with Crippen LogP contribution >= 0.6 is 0 Å². The number of ether oxygens (including phenoxy) is 3. The fourth-order valence-electron chi connectivity index (χ4n) is 4.65. The number of morpholine rings is 1. The topological polar surface area (TPSA) is 86.1 Å². The van der Waals surface area contributed by atoms with Crippen molar-refractivity contribution in [3.05, 3.63) is 11.4 Å². The van der Waals surface area contributed by atoms with Gasteiger partial charge in [0.05, 0.1) is 43.9 Å². The molecule has 4 rings (SSSR count). The maximum atomic E-state index is 13.5. The van der Waals surface area contributed by atoms with Crippen LogP contribution in [0.5, 0.6) is 0 Å². The van der Waals surface area contributed by atoms with Gasteiger partial charge in [0, 0.05) is 39.8 Å². The molecule has 3 saturated heterocycles. The first-order valence-electron chi connectivity index (χ1n) is 10.4. The van der Waals surface area contributed by atoms with Crippen molar-refractivity contribution in [2.45, 2.75) is 43.3 Å². The van der Waals surface area contributed by atoms with E-state index in [0.29, 0.717) is 42.6 Å². The minimum atomic E-state index is -3.67. The third-order valence-electron chi connectivity index (χ3n) is 6.26. The number of aryl methyl sites for hydroxylation is 2. The van der Waals surface area contributed by atoms with Crippen molar-refractivity contribution in [1.82, 2.24) is 19.0 Å². The fourth-order valence-corrected chi connectivity index (χ4v) is 6.55. The van der Waals surface area contributed by atoms with Crippen LogP contribution in [0, 0.1) is 13.8 Å². The van der Waals surface area contributed by atoms with Gasteiger partial charge in [0.2, 0.25) is 10.0 Å². The van der Waals surface area contributed by atoms with Crippen molar-refractivity contribution in [2.24, 2.45) is 7.05 Å². The van der Waals surface area contributed by atoms with Gasteiger partial charge in [0.25, 0.3) is 0 Å². The second kappa shape index (κ2) is 8.24. The minimum Gasteiger partial charge on any atom is -0.379 e. The maximum absolute atomic E-state index is 13.5. The second-order valence-corrected chi connectivity index (χ2v) is 10.3. The highest BCUT2D eigenvalue weighted by Gasteiger charge is 2.46. The van der Waals surface area contributed by atoms with Gasteiger partial charge in [-0.25, -0.2) is 8.42 Å². The number of aromatic nitrogens is 2. The summed E-state index contributed by atoms with van der Waals surface area (Å²) in [6.07, 6.45) is 1.82. The van der Waals surface area contributed by atoms with Crippen LogP contribution in [0.1, 0.15) is 24.2 Å². The van der Waals surface area contributed by atoms with Crippen LogP contribution in [-0.4, -0.2) is 98.3 Å². The van der Waals surface area contributed by atoms with Gasteiger partial charge in [-0.2, -0.15) is 9.40 Å². The largest absolute Gasteiger partial charge is 0.379 e. The standard InChI is InChI=1S/C19H32N4O5S/c1-15-18(16(2)21(3)20-15)29(24,25)23-8-11-27-14-19(13-23)5-4-17(28-19)12-22-6-9-26-10-7-22/h17H,4-14H2,1-3H3/t17-,19-/m1/s1. The van der Waals surface area contributed by atoms with E-state index in [-0.39, 0.29) is 6.10 Å². The predicted octanol–water partition coefficient (Wildman–Crippen LogP) is 0.308. The number of hydrogen-bond donors (Lipinski definition) is 0. The summed E-state index contributed by atoms with van der Waals surface area (Å²) in [6, 6.07) is 0. The molecule has 1 spiro atoms. The first-order valence-corrected chi connectivity index (χ1v) is 11.8. The number of nitrogens with zero attached hydrogens (tertiary/aromatic N) is 4. The lowest BCUT2D eigenvalue weighted by atomic mass is 10.0. The average Bonchev–Trinajstić information content (AvgIpc) is 3.08. The van der Waals surface area contributed by atoms with Gasteiger partial charge in [-0.3, -0.25) is 9.58 Å². The normalized spacial score (nSPS) is 30.1. The zero-order valence-electron chi connectivity index (χ0n) is 17.6. The Kier molecular flexibility index (Phi) is 6.02. The molecular weight excluding hydrogens is 396 g/mol. The first-order chi connectivity index (χ1) is 13.8. The van der Waals surface area contributed by atoms with Crippen LogP contribution in [0.25, 0.3) is 0 Å². The first kappa shape index (κ1) is 21.2. The Bertz CT molecular complexity index is 836. The van der Waals surface area contributed by atoms with Crippen LogP contribution in [0.3, 0.4) is 0 Å². The van der Waals surface area contributed by atoms with Crippen molar-refractivity contribution < 1.29 is 22.6 Å². The number of rotatable bonds is 4. The average molecular weight is 429 g/mol. The van der Waals surface area contributed by atoms with E-state index in [1.54, 1.807) is 25.6 Å². The molecule has 0 aromatic carbocycles. The van der Waals surface area contributed by atoms with Crippen molar-refractivity contribution >= 4 is 10.0 Å². The summed E-state index contributed by atoms with van der Waals surface area (Å²) in [6.45, 7) is 9.22. The SMILES string of the molecule is Cc1nn(C)c(C)c1S(=O)(=O)N1CCOC[C@@]2(CC[C@H](CN3CCOCC3)O2)C1. The van der Waals surface area contributed by atoms with Gasteiger partial charge in [0.15, 0.2) is 0 Å². The molecule has 1 aromatic heterocycles. The molecule has 0 bridgehead atoms. The third-order valence-corrected chi connectivity index (χ3v) is 8.36. The molecule has 1 aromatic rings. The Morgan fingerprint density at radius 3 is 2.55 bits per heavy atom. The smallest absolute Gasteiger partial charge is 0.246 e. The summed E-state index contributed by atoms with van der Waals surface area (Å²) in [4.78, 5) is 2.67. The van der Waals surface area contributed by atoms with Crippen LogP contribution in [-0.2, 0) is 31.3 Å². The highest BCUT2D eigenvalue weighted by molar-refractivity contribution is 7.89. The summed E-state index contributed by atoms with van der Waals surface area (Å²) in [7, 11) is -1.90. The third kappa shape index (κ3) is 4.24. The molecule has 9 nitrogen and oxygen atoms in total. The van der Waals surface area contributed by atoms with E-state index in [4.69, 9.17) is 14.2 Å². The van der Waals surface area contributed by atoms with Crippen molar-refractivity contribution in [1.29, 1.82) is 0 Å². The molecular formula is C19H32N4O5S. The van der Waals surface area contributed by atoms with Crippen LogP contribution < -0.4 is 0 Å². The predicted molar refractivity (Wildman–Crippen MR) is 106 cm³/mol.